The van der Waals surface area contributed by atoms with Crippen molar-refractivity contribution >= 4 is 23.8 Å². The molecule has 0 fully saturated rings. The van der Waals surface area contributed by atoms with Gasteiger partial charge in [-0.25, -0.2) is 9.59 Å². The number of aromatic amines is 1. The number of H-pyrrole nitrogens is 1. The van der Waals surface area contributed by atoms with Gasteiger partial charge in [-0.05, 0) is 50.6 Å². The highest BCUT2D eigenvalue weighted by atomic mass is 16.6. The Bertz CT molecular complexity index is 1220. The molecule has 0 radical (unpaired) electrons. The molecule has 0 saturated heterocycles. The van der Waals surface area contributed by atoms with Crippen LogP contribution < -0.4 is 15.4 Å². The van der Waals surface area contributed by atoms with E-state index in [0.717, 1.165) is 11.1 Å². The highest BCUT2D eigenvalue weighted by molar-refractivity contribution is 5.96. The van der Waals surface area contributed by atoms with E-state index >= 15 is 0 Å². The van der Waals surface area contributed by atoms with E-state index in [-0.39, 0.29) is 13.1 Å². The summed E-state index contributed by atoms with van der Waals surface area (Å²) in [6, 6.07) is 13.9. The van der Waals surface area contributed by atoms with Gasteiger partial charge in [0.15, 0.2) is 0 Å². The summed E-state index contributed by atoms with van der Waals surface area (Å²) in [5.74, 6) is -0.0388. The minimum absolute atomic E-state index is 0.0937. The van der Waals surface area contributed by atoms with Gasteiger partial charge in [-0.2, -0.15) is 5.10 Å². The number of benzene rings is 2. The van der Waals surface area contributed by atoms with Crippen molar-refractivity contribution in [3.05, 3.63) is 66.5 Å². The van der Waals surface area contributed by atoms with Gasteiger partial charge in [0.05, 0.1) is 13.3 Å². The first-order valence-corrected chi connectivity index (χ1v) is 12.0. The van der Waals surface area contributed by atoms with Crippen LogP contribution >= 0.6 is 0 Å². The maximum absolute atomic E-state index is 13.2. The molecule has 0 spiro atoms. The fourth-order valence-electron chi connectivity index (χ4n) is 3.35. The summed E-state index contributed by atoms with van der Waals surface area (Å²) < 4.78 is 16.1. The van der Waals surface area contributed by atoms with E-state index in [1.807, 2.05) is 12.1 Å². The standard InChI is InChI=1S/C27H33N5O6/c1-27(2,3)38-26(35)32(4)14-13-28-25(34)37-23(19-7-6-8-22(15-19)36-5)24(33)31-21-11-9-18(10-12-21)20-16-29-30-17-20/h6-12,15-17,23H,13-14H2,1-5H3,(H,28,34)(H,29,30)(H,31,33). The summed E-state index contributed by atoms with van der Waals surface area (Å²) in [5, 5.41) is 12.1. The molecule has 0 aliphatic rings. The van der Waals surface area contributed by atoms with Gasteiger partial charge in [-0.15, -0.1) is 0 Å². The number of aromatic nitrogens is 2. The molecule has 0 saturated carbocycles. The Hall–Kier alpha value is -4.54. The average molecular weight is 524 g/mol. The first-order valence-electron chi connectivity index (χ1n) is 12.0. The maximum atomic E-state index is 13.2. The van der Waals surface area contributed by atoms with E-state index in [0.29, 0.717) is 17.0 Å². The number of carbonyl (C=O) groups is 3. The summed E-state index contributed by atoms with van der Waals surface area (Å²) >= 11 is 0. The minimum atomic E-state index is -1.26. The number of hydrogen-bond donors (Lipinski definition) is 3. The van der Waals surface area contributed by atoms with Gasteiger partial charge < -0.3 is 29.7 Å². The molecule has 38 heavy (non-hydrogen) atoms. The number of ether oxygens (including phenoxy) is 3. The Labute approximate surface area is 221 Å². The molecule has 0 bridgehead atoms. The number of methoxy groups -OCH3 is 1. The molecule has 1 unspecified atom stereocenters. The number of amides is 3. The van der Waals surface area contributed by atoms with Crippen LogP contribution in [0.5, 0.6) is 5.75 Å². The first-order chi connectivity index (χ1) is 18.1. The normalized spacial score (nSPS) is 11.7. The number of alkyl carbamates (subject to hydrolysis) is 1. The van der Waals surface area contributed by atoms with Crippen LogP contribution in [0.2, 0.25) is 0 Å². The Kier molecular flexibility index (Phi) is 9.31. The summed E-state index contributed by atoms with van der Waals surface area (Å²) in [4.78, 5) is 39.3. The summed E-state index contributed by atoms with van der Waals surface area (Å²) in [6.07, 6.45) is 0.872. The van der Waals surface area contributed by atoms with Crippen molar-refractivity contribution in [1.29, 1.82) is 0 Å². The predicted molar refractivity (Wildman–Crippen MR) is 142 cm³/mol. The van der Waals surface area contributed by atoms with Gasteiger partial charge in [0.2, 0.25) is 6.10 Å². The molecule has 1 aromatic heterocycles. The smallest absolute Gasteiger partial charge is 0.410 e. The summed E-state index contributed by atoms with van der Waals surface area (Å²) in [5.41, 5.74) is 2.16. The monoisotopic (exact) mass is 523 g/mol. The van der Waals surface area contributed by atoms with Gasteiger partial charge in [0.25, 0.3) is 5.91 Å². The summed E-state index contributed by atoms with van der Waals surface area (Å²) in [7, 11) is 3.07. The molecule has 202 valence electrons. The lowest BCUT2D eigenvalue weighted by Crippen LogP contribution is -2.40. The quantitative estimate of drug-likeness (QED) is 0.379. The minimum Gasteiger partial charge on any atom is -0.497 e. The number of nitrogens with one attached hydrogen (secondary N) is 3. The summed E-state index contributed by atoms with van der Waals surface area (Å²) in [6.45, 7) is 5.59. The lowest BCUT2D eigenvalue weighted by atomic mass is 10.1. The molecule has 3 rings (SSSR count). The van der Waals surface area contributed by atoms with Gasteiger partial charge in [-0.3, -0.25) is 9.89 Å². The van der Waals surface area contributed by atoms with Crippen LogP contribution in [0.3, 0.4) is 0 Å². The van der Waals surface area contributed by atoms with Crippen molar-refractivity contribution in [2.24, 2.45) is 0 Å². The van der Waals surface area contributed by atoms with Crippen molar-refractivity contribution < 1.29 is 28.6 Å². The number of anilines is 1. The number of rotatable bonds is 9. The third kappa shape index (κ3) is 8.26. The molecule has 3 aromatic rings. The molecule has 3 amide bonds. The van der Waals surface area contributed by atoms with Gasteiger partial charge in [0, 0.05) is 43.1 Å². The van der Waals surface area contributed by atoms with E-state index in [4.69, 9.17) is 14.2 Å². The molecule has 2 aromatic carbocycles. The van der Waals surface area contributed by atoms with Crippen LogP contribution in [0.15, 0.2) is 60.9 Å². The lowest BCUT2D eigenvalue weighted by Gasteiger charge is -2.24. The van der Waals surface area contributed by atoms with Gasteiger partial charge >= 0.3 is 12.2 Å². The molecule has 1 heterocycles. The third-order valence-corrected chi connectivity index (χ3v) is 5.27. The fourth-order valence-corrected chi connectivity index (χ4v) is 3.35. The second-order valence-corrected chi connectivity index (χ2v) is 9.44. The number of nitrogens with zero attached hydrogens (tertiary/aromatic N) is 2. The average Bonchev–Trinajstić information content (AvgIpc) is 3.41. The maximum Gasteiger partial charge on any atom is 0.410 e. The van der Waals surface area contributed by atoms with Crippen molar-refractivity contribution in [3.63, 3.8) is 0 Å². The van der Waals surface area contributed by atoms with E-state index in [2.05, 4.69) is 20.8 Å². The number of hydrogen-bond acceptors (Lipinski definition) is 7. The largest absolute Gasteiger partial charge is 0.497 e. The van der Waals surface area contributed by atoms with E-state index < -0.39 is 29.8 Å². The second-order valence-electron chi connectivity index (χ2n) is 9.44. The van der Waals surface area contributed by atoms with Crippen LogP contribution in [-0.4, -0.2) is 66.0 Å². The van der Waals surface area contributed by atoms with Crippen LogP contribution in [0.4, 0.5) is 15.3 Å². The van der Waals surface area contributed by atoms with Gasteiger partial charge in [0.1, 0.15) is 11.4 Å². The fraction of sp³-hybridized carbons (Fsp3) is 0.333. The molecule has 0 aliphatic carbocycles. The topological polar surface area (TPSA) is 135 Å². The number of likely N-dealkylation sites (N-methyl/N-ethyl adjacent to an activating group) is 1. The Morgan fingerprint density at radius 1 is 1.08 bits per heavy atom. The van der Waals surface area contributed by atoms with Crippen LogP contribution in [0.1, 0.15) is 32.4 Å². The highest BCUT2D eigenvalue weighted by Gasteiger charge is 2.26. The first kappa shape index (κ1) is 28.0. The Morgan fingerprint density at radius 2 is 1.82 bits per heavy atom. The molecule has 0 aliphatic heterocycles. The van der Waals surface area contributed by atoms with Crippen molar-refractivity contribution in [3.8, 4) is 16.9 Å². The zero-order valence-corrected chi connectivity index (χ0v) is 22.1. The van der Waals surface area contributed by atoms with E-state index in [9.17, 15) is 14.4 Å². The molecule has 11 heteroatoms. The number of carbonyl (C=O) groups excluding carboxylic acids is 3. The Morgan fingerprint density at radius 3 is 2.45 bits per heavy atom. The molecule has 1 atom stereocenters. The lowest BCUT2D eigenvalue weighted by molar-refractivity contribution is -0.124. The highest BCUT2D eigenvalue weighted by Crippen LogP contribution is 2.25. The van der Waals surface area contributed by atoms with Crippen LogP contribution in [-0.2, 0) is 14.3 Å². The molecule has 11 nitrogen and oxygen atoms in total. The Balaban J connectivity index is 1.65. The zero-order valence-electron chi connectivity index (χ0n) is 22.1. The second kappa shape index (κ2) is 12.6. The van der Waals surface area contributed by atoms with Crippen LogP contribution in [0, 0.1) is 0 Å². The van der Waals surface area contributed by atoms with Crippen molar-refractivity contribution in [1.82, 2.24) is 20.4 Å². The zero-order chi connectivity index (χ0) is 27.7. The predicted octanol–water partition coefficient (Wildman–Crippen LogP) is 4.36. The molecular weight excluding hydrogens is 490 g/mol. The van der Waals surface area contributed by atoms with Crippen molar-refractivity contribution in [2.75, 3.05) is 32.6 Å². The molecular formula is C27H33N5O6. The molecule has 3 N–H and O–H groups in total. The SMILES string of the molecule is COc1cccc(C(OC(=O)NCCN(C)C(=O)OC(C)(C)C)C(=O)Nc2ccc(-c3cn[nH]c3)cc2)c1. The van der Waals surface area contributed by atoms with Gasteiger partial charge in [-0.1, -0.05) is 24.3 Å². The van der Waals surface area contributed by atoms with Crippen LogP contribution in [0.25, 0.3) is 11.1 Å². The van der Waals surface area contributed by atoms with E-state index in [1.54, 1.807) is 76.6 Å². The van der Waals surface area contributed by atoms with E-state index in [1.165, 1.54) is 12.0 Å². The third-order valence-electron chi connectivity index (χ3n) is 5.27. The van der Waals surface area contributed by atoms with Crippen molar-refractivity contribution in [2.45, 2.75) is 32.5 Å².